The van der Waals surface area contributed by atoms with Gasteiger partial charge in [-0.05, 0) is 98.3 Å². The Kier molecular flexibility index (Phi) is 10.8. The highest BCUT2D eigenvalue weighted by Gasteiger charge is 2.72. The van der Waals surface area contributed by atoms with Crippen molar-refractivity contribution in [3.05, 3.63) is 118 Å². The first-order chi connectivity index (χ1) is 32.1. The van der Waals surface area contributed by atoms with E-state index in [4.69, 9.17) is 14.7 Å². The molecule has 0 spiro atoms. The van der Waals surface area contributed by atoms with Crippen LogP contribution in [0.3, 0.4) is 0 Å². The van der Waals surface area contributed by atoms with Crippen LogP contribution in [0.5, 0.6) is 0 Å². The largest absolute Gasteiger partial charge is 0.444 e. The van der Waals surface area contributed by atoms with Gasteiger partial charge in [0, 0.05) is 78.6 Å². The smallest absolute Gasteiger partial charge is 0.435 e. The molecule has 354 valence electrons. The van der Waals surface area contributed by atoms with Gasteiger partial charge in [0.1, 0.15) is 34.5 Å². The summed E-state index contributed by atoms with van der Waals surface area (Å²) in [4.78, 5) is 53.3. The zero-order chi connectivity index (χ0) is 48.2. The van der Waals surface area contributed by atoms with Crippen LogP contribution in [0.4, 0.5) is 41.2 Å². The molecule has 2 fully saturated rings. The Morgan fingerprint density at radius 1 is 0.926 bits per heavy atom. The summed E-state index contributed by atoms with van der Waals surface area (Å²) in [6.45, 7) is 8.31. The number of ether oxygens (including phenoxy) is 1. The monoisotopic (exact) mass is 960 g/mol. The van der Waals surface area contributed by atoms with Crippen LogP contribution in [0.15, 0.2) is 66.7 Å². The molecule has 5 heterocycles. The minimum absolute atomic E-state index is 0.0687. The molecule has 2 N–H and O–H groups in total. The van der Waals surface area contributed by atoms with Crippen molar-refractivity contribution in [2.45, 2.75) is 76.9 Å². The van der Waals surface area contributed by atoms with E-state index in [2.05, 4.69) is 20.6 Å². The number of halogens is 7. The highest BCUT2D eigenvalue weighted by atomic mass is 32.1. The van der Waals surface area contributed by atoms with Gasteiger partial charge in [0.15, 0.2) is 11.3 Å². The van der Waals surface area contributed by atoms with Crippen molar-refractivity contribution in [2.75, 3.05) is 31.1 Å². The third-order valence-electron chi connectivity index (χ3n) is 13.0. The van der Waals surface area contributed by atoms with Gasteiger partial charge in [-0.15, -0.1) is 11.3 Å². The lowest BCUT2D eigenvalue weighted by Crippen LogP contribution is -2.50. The molecule has 3 aromatic heterocycles. The number of fused-ring (bicyclic) bond motifs is 5. The van der Waals surface area contributed by atoms with E-state index in [1.165, 1.54) is 18.3 Å². The first kappa shape index (κ1) is 45.2. The van der Waals surface area contributed by atoms with E-state index in [0.717, 1.165) is 28.9 Å². The molecule has 0 bridgehead atoms. The molecule has 12 nitrogen and oxygen atoms in total. The average Bonchev–Trinajstić information content (AvgIpc) is 3.63. The number of nitrogens with zero attached hydrogens (tertiary/aromatic N) is 6. The number of carbonyl (C=O) groups is 3. The Balaban J connectivity index is 1.01. The van der Waals surface area contributed by atoms with Gasteiger partial charge in [-0.1, -0.05) is 19.1 Å². The van der Waals surface area contributed by atoms with Crippen molar-refractivity contribution >= 4 is 45.3 Å². The summed E-state index contributed by atoms with van der Waals surface area (Å²) >= 11 is 1.31. The summed E-state index contributed by atoms with van der Waals surface area (Å²) < 4.78 is 110. The fraction of sp³-hybridized carbons (Fsp3) is 0.375. The van der Waals surface area contributed by atoms with Crippen molar-refractivity contribution in [1.82, 2.24) is 35.3 Å². The minimum Gasteiger partial charge on any atom is -0.444 e. The second kappa shape index (κ2) is 16.3. The average molecular weight is 961 g/mol. The van der Waals surface area contributed by atoms with E-state index < -0.39 is 82.5 Å². The number of amides is 3. The van der Waals surface area contributed by atoms with Crippen molar-refractivity contribution in [3.8, 4) is 21.7 Å². The summed E-state index contributed by atoms with van der Waals surface area (Å²) in [5, 5.41) is 9.61. The van der Waals surface area contributed by atoms with Crippen LogP contribution in [0.2, 0.25) is 0 Å². The van der Waals surface area contributed by atoms with E-state index in [1.807, 2.05) is 45.0 Å². The number of rotatable bonds is 9. The zero-order valence-corrected chi connectivity index (χ0v) is 37.8. The number of aromatic nitrogens is 4. The molecule has 3 aromatic carbocycles. The molecule has 68 heavy (non-hydrogen) atoms. The molecule has 2 aliphatic carbocycles. The molecule has 3 unspecified atom stereocenters. The maximum Gasteiger partial charge on any atom is 0.435 e. The topological polar surface area (TPSA) is 135 Å². The standard InChI is InChI=1S/C48H43F7N8O4S/c1-23-36-37-40(48(53,54)55)60-63(41(37)47(51,52)38(23)36)22-35(64)57-33(17-24-15-28(49)19-29(50)16-24)39-31(26-5-6-27-21-56-43(65)32(27)18-26)20-34-42(58-39)59-44(68-34)25-7-9-30(10-8-25)61-11-13-62(14-12-61)45(66)67-46(2,3)4/h5-10,15-16,18-20,23,33,36,38H,11-14,17,21-22H2,1-4H3,(H,56,65)(H,57,64)/t23?,33-,36?,38?/m0/s1. The van der Waals surface area contributed by atoms with Gasteiger partial charge in [-0.3, -0.25) is 14.3 Å². The molecular formula is C48H43F7N8O4S. The van der Waals surface area contributed by atoms with Gasteiger partial charge in [0.25, 0.3) is 11.8 Å². The molecule has 1 saturated carbocycles. The highest BCUT2D eigenvalue weighted by molar-refractivity contribution is 7.21. The van der Waals surface area contributed by atoms with Gasteiger partial charge >= 0.3 is 12.3 Å². The molecule has 4 atom stereocenters. The number of pyridine rings is 1. The number of carbonyl (C=O) groups excluding carboxylic acids is 3. The molecule has 2 aliphatic heterocycles. The van der Waals surface area contributed by atoms with Crippen molar-refractivity contribution in [1.29, 1.82) is 0 Å². The van der Waals surface area contributed by atoms with Gasteiger partial charge in [0.2, 0.25) is 5.91 Å². The van der Waals surface area contributed by atoms with E-state index in [-0.39, 0.29) is 35.3 Å². The number of nitrogens with one attached hydrogen (secondary N) is 2. The quantitative estimate of drug-likeness (QED) is 0.137. The molecule has 6 aromatic rings. The summed E-state index contributed by atoms with van der Waals surface area (Å²) in [7, 11) is 0. The summed E-state index contributed by atoms with van der Waals surface area (Å²) in [6.07, 6.45) is -5.75. The fourth-order valence-electron chi connectivity index (χ4n) is 9.81. The molecule has 4 aliphatic rings. The Morgan fingerprint density at radius 2 is 1.62 bits per heavy atom. The van der Waals surface area contributed by atoms with Crippen molar-refractivity contribution < 1.29 is 49.9 Å². The summed E-state index contributed by atoms with van der Waals surface area (Å²) in [5.74, 6) is -10.00. The van der Waals surface area contributed by atoms with Crippen LogP contribution in [0, 0.1) is 23.5 Å². The molecule has 10 rings (SSSR count). The number of hydrogen-bond donors (Lipinski definition) is 2. The van der Waals surface area contributed by atoms with E-state index in [0.29, 0.717) is 69.9 Å². The molecule has 20 heteroatoms. The van der Waals surface area contributed by atoms with E-state index in [1.54, 1.807) is 29.2 Å². The van der Waals surface area contributed by atoms with Gasteiger partial charge in [-0.2, -0.15) is 27.1 Å². The van der Waals surface area contributed by atoms with Crippen LogP contribution in [0.25, 0.3) is 32.0 Å². The SMILES string of the molecule is CC1C2c3c(C(F)(F)F)nn(CC(=O)N[C@@H](Cc4cc(F)cc(F)c4)c4nc5nc(-c6ccc(N7CCN(C(=O)OC(C)(C)C)CC7)cc6)sc5cc4-c4ccc5c(c4)C(=O)NC5)c3C(F)(F)C12. The maximum absolute atomic E-state index is 15.8. The normalized spacial score (nSPS) is 19.9. The molecule has 1 saturated heterocycles. The van der Waals surface area contributed by atoms with Crippen LogP contribution < -0.4 is 15.5 Å². The lowest BCUT2D eigenvalue weighted by atomic mass is 9.93. The van der Waals surface area contributed by atoms with Gasteiger partial charge in [-0.25, -0.2) is 23.5 Å². The maximum atomic E-state index is 15.8. The first-order valence-electron chi connectivity index (χ1n) is 22.0. The zero-order valence-electron chi connectivity index (χ0n) is 37.0. The Morgan fingerprint density at radius 3 is 2.29 bits per heavy atom. The van der Waals surface area contributed by atoms with Crippen LogP contribution in [0.1, 0.15) is 83.8 Å². The Hall–Kier alpha value is -6.57. The number of piperazine rings is 1. The van der Waals surface area contributed by atoms with Crippen LogP contribution in [-0.4, -0.2) is 74.3 Å². The van der Waals surface area contributed by atoms with Gasteiger partial charge < -0.3 is 25.2 Å². The molecule has 3 amide bonds. The van der Waals surface area contributed by atoms with Crippen LogP contribution >= 0.6 is 11.3 Å². The number of thiazole rings is 1. The second-order valence-electron chi connectivity index (χ2n) is 18.7. The molecule has 0 radical (unpaired) electrons. The predicted octanol–water partition coefficient (Wildman–Crippen LogP) is 9.37. The summed E-state index contributed by atoms with van der Waals surface area (Å²) in [5.41, 5.74) is 0.433. The highest BCUT2D eigenvalue weighted by Crippen LogP contribution is 2.71. The number of anilines is 1. The second-order valence-corrected chi connectivity index (χ2v) is 19.8. The van der Waals surface area contributed by atoms with Crippen molar-refractivity contribution in [3.63, 3.8) is 0 Å². The number of hydrogen-bond acceptors (Lipinski definition) is 9. The number of benzene rings is 3. The fourth-order valence-corrected chi connectivity index (χ4v) is 10.8. The predicted molar refractivity (Wildman–Crippen MR) is 237 cm³/mol. The summed E-state index contributed by atoms with van der Waals surface area (Å²) in [6, 6.07) is 16.1. The number of alkyl halides is 5. The third kappa shape index (κ3) is 8.29. The van der Waals surface area contributed by atoms with Crippen LogP contribution in [-0.2, 0) is 41.1 Å². The van der Waals surface area contributed by atoms with E-state index >= 15 is 8.78 Å². The lowest BCUT2D eigenvalue weighted by Gasteiger charge is -2.36. The Bertz CT molecular complexity index is 3010. The van der Waals surface area contributed by atoms with E-state index in [9.17, 15) is 36.3 Å². The minimum atomic E-state index is -5.07. The van der Waals surface area contributed by atoms with Crippen molar-refractivity contribution in [2.24, 2.45) is 11.8 Å². The molecular weight excluding hydrogens is 918 g/mol. The third-order valence-corrected chi connectivity index (χ3v) is 14.0. The Labute approximate surface area is 388 Å². The first-order valence-corrected chi connectivity index (χ1v) is 22.8. The lowest BCUT2D eigenvalue weighted by molar-refractivity contribution is -0.142. The van der Waals surface area contributed by atoms with Gasteiger partial charge in [0.05, 0.1) is 16.4 Å².